The van der Waals surface area contributed by atoms with Gasteiger partial charge in [-0.3, -0.25) is 4.98 Å². The van der Waals surface area contributed by atoms with Crippen molar-refractivity contribution in [3.05, 3.63) is 90.5 Å². The van der Waals surface area contributed by atoms with E-state index in [1.807, 2.05) is 66.7 Å². The number of hydrogen-bond donors (Lipinski definition) is 0. The molecule has 3 aromatic heterocycles. The van der Waals surface area contributed by atoms with Crippen molar-refractivity contribution in [3.8, 4) is 17.0 Å². The lowest BCUT2D eigenvalue weighted by Crippen LogP contribution is -2.13. The fourth-order valence-corrected chi connectivity index (χ4v) is 3.55. The second kappa shape index (κ2) is 7.87. The van der Waals surface area contributed by atoms with Crippen LogP contribution in [0.15, 0.2) is 79.3 Å². The lowest BCUT2D eigenvalue weighted by molar-refractivity contribution is 0.0585. The molecule has 5 rings (SSSR count). The highest BCUT2D eigenvalue weighted by Crippen LogP contribution is 2.35. The van der Waals surface area contributed by atoms with Gasteiger partial charge < -0.3 is 9.47 Å². The number of methoxy groups -OCH3 is 1. The van der Waals surface area contributed by atoms with E-state index in [0.29, 0.717) is 16.8 Å². The summed E-state index contributed by atoms with van der Waals surface area (Å²) in [5.74, 6) is -0.205. The average Bonchev–Trinajstić information content (AvgIpc) is 3.32. The quantitative estimate of drug-likeness (QED) is 0.402. The minimum Gasteiger partial charge on any atom is -0.486 e. The van der Waals surface area contributed by atoms with Gasteiger partial charge in [-0.15, -0.1) is 0 Å². The predicted octanol–water partition coefficient (Wildman–Crippen LogP) is 4.31. The van der Waals surface area contributed by atoms with Crippen molar-refractivity contribution < 1.29 is 14.3 Å². The minimum absolute atomic E-state index is 0.174. The Kier molecular flexibility index (Phi) is 4.76. The van der Waals surface area contributed by atoms with Crippen LogP contribution < -0.4 is 4.74 Å². The summed E-state index contributed by atoms with van der Waals surface area (Å²) in [5.41, 5.74) is 3.44. The summed E-state index contributed by atoms with van der Waals surface area (Å²) in [5, 5.41) is 5.70. The maximum atomic E-state index is 12.7. The van der Waals surface area contributed by atoms with E-state index in [1.165, 1.54) is 18.0 Å². The van der Waals surface area contributed by atoms with Crippen LogP contribution in [0.5, 0.6) is 5.75 Å². The van der Waals surface area contributed by atoms with Crippen molar-refractivity contribution in [2.45, 2.75) is 6.61 Å². The van der Waals surface area contributed by atoms with Crippen LogP contribution in [0.4, 0.5) is 0 Å². The van der Waals surface area contributed by atoms with E-state index >= 15 is 0 Å². The van der Waals surface area contributed by atoms with Crippen LogP contribution >= 0.6 is 0 Å². The molecule has 0 aliphatic rings. The SMILES string of the molecule is COC(=O)c1c(OCc2ccccc2)c2cnc(-c3ccccc3)cc2c2ncnn12. The van der Waals surface area contributed by atoms with Crippen molar-refractivity contribution in [2.24, 2.45) is 0 Å². The maximum absolute atomic E-state index is 12.7. The molecule has 0 aliphatic heterocycles. The van der Waals surface area contributed by atoms with Crippen molar-refractivity contribution in [2.75, 3.05) is 7.11 Å². The second-order valence-corrected chi connectivity index (χ2v) is 6.92. The number of benzene rings is 2. The molecule has 2 aromatic carbocycles. The first-order chi connectivity index (χ1) is 15.3. The molecule has 152 valence electrons. The van der Waals surface area contributed by atoms with Crippen LogP contribution in [0, 0.1) is 0 Å². The zero-order valence-electron chi connectivity index (χ0n) is 16.7. The van der Waals surface area contributed by atoms with Crippen molar-refractivity contribution in [3.63, 3.8) is 0 Å². The highest BCUT2D eigenvalue weighted by Gasteiger charge is 2.24. The fraction of sp³-hybridized carbons (Fsp3) is 0.0833. The van der Waals surface area contributed by atoms with Gasteiger partial charge >= 0.3 is 5.97 Å². The van der Waals surface area contributed by atoms with Crippen LogP contribution in [-0.2, 0) is 11.3 Å². The van der Waals surface area contributed by atoms with Gasteiger partial charge in [-0.2, -0.15) is 5.10 Å². The molecule has 0 fully saturated rings. The van der Waals surface area contributed by atoms with Gasteiger partial charge in [-0.05, 0) is 11.6 Å². The zero-order chi connectivity index (χ0) is 21.2. The number of hydrogen-bond acceptors (Lipinski definition) is 6. The van der Waals surface area contributed by atoms with Gasteiger partial charge in [0.2, 0.25) is 0 Å². The molecule has 0 saturated carbocycles. The van der Waals surface area contributed by atoms with Gasteiger partial charge in [-0.1, -0.05) is 60.7 Å². The highest BCUT2D eigenvalue weighted by molar-refractivity contribution is 6.05. The number of nitrogens with zero attached hydrogens (tertiary/aromatic N) is 4. The average molecular weight is 410 g/mol. The third kappa shape index (κ3) is 3.36. The summed E-state index contributed by atoms with van der Waals surface area (Å²) in [6, 6.07) is 21.5. The molecule has 7 nitrogen and oxygen atoms in total. The lowest BCUT2D eigenvalue weighted by atomic mass is 10.1. The first kappa shape index (κ1) is 18.7. The summed E-state index contributed by atoms with van der Waals surface area (Å²) in [6.45, 7) is 0.278. The molecule has 0 saturated heterocycles. The van der Waals surface area contributed by atoms with Gasteiger partial charge in [0, 0.05) is 22.5 Å². The third-order valence-corrected chi connectivity index (χ3v) is 5.04. The van der Waals surface area contributed by atoms with Gasteiger partial charge in [0.05, 0.1) is 12.8 Å². The summed E-state index contributed by atoms with van der Waals surface area (Å²) in [7, 11) is 1.33. The minimum atomic E-state index is -0.562. The monoisotopic (exact) mass is 410 g/mol. The largest absolute Gasteiger partial charge is 0.486 e. The molecule has 0 radical (unpaired) electrons. The summed E-state index contributed by atoms with van der Waals surface area (Å²) >= 11 is 0. The van der Waals surface area contributed by atoms with Crippen LogP contribution in [0.25, 0.3) is 27.7 Å². The molecule has 31 heavy (non-hydrogen) atoms. The standard InChI is InChI=1S/C24H18N4O3/c1-30-24(29)21-22(31-14-16-8-4-2-5-9-16)19-13-25-20(17-10-6-3-7-11-17)12-18(19)23-26-15-27-28(21)23/h2-13,15H,14H2,1H3. The second-order valence-electron chi connectivity index (χ2n) is 6.92. The molecule has 0 amide bonds. The molecule has 0 aliphatic carbocycles. The molecule has 0 atom stereocenters. The number of carbonyl (C=O) groups excluding carboxylic acids is 1. The summed E-state index contributed by atoms with van der Waals surface area (Å²) in [4.78, 5) is 21.7. The van der Waals surface area contributed by atoms with Gasteiger partial charge in [-0.25, -0.2) is 14.3 Å². The molecule has 5 aromatic rings. The lowest BCUT2D eigenvalue weighted by Gasteiger charge is -2.15. The van der Waals surface area contributed by atoms with Crippen LogP contribution in [0.2, 0.25) is 0 Å². The van der Waals surface area contributed by atoms with Crippen LogP contribution in [-0.4, -0.2) is 32.7 Å². The van der Waals surface area contributed by atoms with E-state index in [9.17, 15) is 4.79 Å². The normalized spacial score (nSPS) is 11.0. The Balaban J connectivity index is 1.73. The topological polar surface area (TPSA) is 78.6 Å². The van der Waals surface area contributed by atoms with Crippen LogP contribution in [0.3, 0.4) is 0 Å². The molecule has 3 heterocycles. The van der Waals surface area contributed by atoms with Gasteiger partial charge in [0.1, 0.15) is 12.9 Å². The predicted molar refractivity (Wildman–Crippen MR) is 116 cm³/mol. The number of esters is 1. The smallest absolute Gasteiger partial charge is 0.360 e. The molecule has 7 heteroatoms. The first-order valence-electron chi connectivity index (χ1n) is 9.72. The van der Waals surface area contributed by atoms with Crippen molar-refractivity contribution >= 4 is 22.4 Å². The molecular formula is C24H18N4O3. The molecular weight excluding hydrogens is 392 g/mol. The number of fused-ring (bicyclic) bond motifs is 3. The summed E-state index contributed by atoms with van der Waals surface area (Å²) in [6.07, 6.45) is 3.12. The van der Waals surface area contributed by atoms with E-state index < -0.39 is 5.97 Å². The number of carbonyl (C=O) groups is 1. The van der Waals surface area contributed by atoms with Gasteiger partial charge in [0.15, 0.2) is 17.1 Å². The summed E-state index contributed by atoms with van der Waals surface area (Å²) < 4.78 is 12.6. The number of ether oxygens (including phenoxy) is 2. The van der Waals surface area contributed by atoms with E-state index in [1.54, 1.807) is 6.20 Å². The molecule has 0 spiro atoms. The van der Waals surface area contributed by atoms with Crippen molar-refractivity contribution in [1.29, 1.82) is 0 Å². The Morgan fingerprint density at radius 3 is 2.45 bits per heavy atom. The molecule has 0 bridgehead atoms. The number of rotatable bonds is 5. The van der Waals surface area contributed by atoms with E-state index in [2.05, 4.69) is 15.1 Å². The number of pyridine rings is 2. The Morgan fingerprint density at radius 2 is 1.71 bits per heavy atom. The molecule has 0 N–H and O–H groups in total. The third-order valence-electron chi connectivity index (χ3n) is 5.04. The molecule has 0 unspecified atom stereocenters. The fourth-order valence-electron chi connectivity index (χ4n) is 3.55. The Hall–Kier alpha value is -4.26. The number of aromatic nitrogens is 4. The van der Waals surface area contributed by atoms with Gasteiger partial charge in [0.25, 0.3) is 0 Å². The van der Waals surface area contributed by atoms with Crippen molar-refractivity contribution in [1.82, 2.24) is 19.6 Å². The van der Waals surface area contributed by atoms with E-state index in [0.717, 1.165) is 22.2 Å². The highest BCUT2D eigenvalue weighted by atomic mass is 16.5. The Morgan fingerprint density at radius 1 is 0.968 bits per heavy atom. The Bertz CT molecular complexity index is 1380. The maximum Gasteiger partial charge on any atom is 0.360 e. The van der Waals surface area contributed by atoms with Crippen LogP contribution in [0.1, 0.15) is 16.1 Å². The Labute approximate surface area is 177 Å². The van der Waals surface area contributed by atoms with E-state index in [-0.39, 0.29) is 12.3 Å². The van der Waals surface area contributed by atoms with E-state index in [4.69, 9.17) is 9.47 Å². The zero-order valence-corrected chi connectivity index (χ0v) is 16.7. The first-order valence-corrected chi connectivity index (χ1v) is 9.72.